The molecule has 0 saturated heterocycles. The molecule has 0 aromatic rings. The van der Waals surface area contributed by atoms with Crippen molar-refractivity contribution in [3.8, 4) is 0 Å². The van der Waals surface area contributed by atoms with Crippen molar-refractivity contribution in [2.45, 2.75) is 163 Å². The first-order valence-electron chi connectivity index (χ1n) is 14.2. The highest BCUT2D eigenvalue weighted by molar-refractivity contribution is 4.66. The zero-order valence-corrected chi connectivity index (χ0v) is 21.9. The van der Waals surface area contributed by atoms with Gasteiger partial charge in [0.05, 0.1) is 0 Å². The van der Waals surface area contributed by atoms with Crippen LogP contribution in [0.15, 0.2) is 12.7 Å². The minimum absolute atomic E-state index is 0.931. The molecule has 0 aliphatic rings. The Kier molecular flexibility index (Phi) is 23.2. The van der Waals surface area contributed by atoms with Crippen LogP contribution in [0, 0.1) is 17.8 Å². The fourth-order valence-electron chi connectivity index (χ4n) is 4.92. The Balaban J connectivity index is 3.28. The molecule has 0 radical (unpaired) electrons. The molecule has 0 nitrogen and oxygen atoms in total. The van der Waals surface area contributed by atoms with Gasteiger partial charge in [0.15, 0.2) is 0 Å². The van der Waals surface area contributed by atoms with E-state index in [0.717, 1.165) is 17.8 Å². The van der Waals surface area contributed by atoms with Gasteiger partial charge in [-0.25, -0.2) is 0 Å². The molecule has 3 atom stereocenters. The number of rotatable bonds is 24. The van der Waals surface area contributed by atoms with Crippen molar-refractivity contribution in [3.63, 3.8) is 0 Å². The lowest BCUT2D eigenvalue weighted by molar-refractivity contribution is 0.418. The van der Waals surface area contributed by atoms with E-state index in [2.05, 4.69) is 40.3 Å². The maximum absolute atomic E-state index is 3.81. The number of allylic oxidation sites excluding steroid dienone is 1. The molecule has 0 bridgehead atoms. The lowest BCUT2D eigenvalue weighted by atomic mass is 9.94. The van der Waals surface area contributed by atoms with Gasteiger partial charge in [-0.1, -0.05) is 156 Å². The third-order valence-corrected chi connectivity index (χ3v) is 7.17. The van der Waals surface area contributed by atoms with E-state index >= 15 is 0 Å². The SMILES string of the molecule is C=CCCCCC(C)CCCCCCCCC(C)CCCCCCCC(C)CCC. The van der Waals surface area contributed by atoms with E-state index in [1.54, 1.807) is 0 Å². The summed E-state index contributed by atoms with van der Waals surface area (Å²) in [6.45, 7) is 13.5. The number of hydrogen-bond acceptors (Lipinski definition) is 0. The summed E-state index contributed by atoms with van der Waals surface area (Å²) < 4.78 is 0. The van der Waals surface area contributed by atoms with Gasteiger partial charge in [0, 0.05) is 0 Å². The normalized spacial score (nSPS) is 14.5. The zero-order chi connectivity index (χ0) is 22.3. The van der Waals surface area contributed by atoms with Crippen LogP contribution in [0.3, 0.4) is 0 Å². The van der Waals surface area contributed by atoms with Crippen molar-refractivity contribution < 1.29 is 0 Å². The van der Waals surface area contributed by atoms with Crippen LogP contribution >= 0.6 is 0 Å². The summed E-state index contributed by atoms with van der Waals surface area (Å²) >= 11 is 0. The van der Waals surface area contributed by atoms with E-state index in [0.29, 0.717) is 0 Å². The van der Waals surface area contributed by atoms with Gasteiger partial charge in [-0.2, -0.15) is 0 Å². The summed E-state index contributed by atoms with van der Waals surface area (Å²) in [7, 11) is 0. The van der Waals surface area contributed by atoms with Crippen molar-refractivity contribution in [2.24, 2.45) is 17.8 Å². The van der Waals surface area contributed by atoms with Crippen LogP contribution in [0.2, 0.25) is 0 Å². The molecule has 30 heavy (non-hydrogen) atoms. The van der Waals surface area contributed by atoms with Gasteiger partial charge in [-0.3, -0.25) is 0 Å². The predicted octanol–water partition coefficient (Wildman–Crippen LogP) is 11.3. The third-order valence-electron chi connectivity index (χ3n) is 7.17. The third kappa shape index (κ3) is 22.4. The van der Waals surface area contributed by atoms with Gasteiger partial charge in [-0.05, 0) is 30.6 Å². The second-order valence-corrected chi connectivity index (χ2v) is 10.7. The molecule has 0 aromatic heterocycles. The average molecular weight is 421 g/mol. The van der Waals surface area contributed by atoms with Crippen molar-refractivity contribution in [1.82, 2.24) is 0 Å². The van der Waals surface area contributed by atoms with Crippen molar-refractivity contribution >= 4 is 0 Å². The van der Waals surface area contributed by atoms with Gasteiger partial charge in [0.2, 0.25) is 0 Å². The van der Waals surface area contributed by atoms with Gasteiger partial charge < -0.3 is 0 Å². The zero-order valence-electron chi connectivity index (χ0n) is 21.9. The molecule has 180 valence electrons. The number of hydrogen-bond donors (Lipinski definition) is 0. The molecule has 0 fully saturated rings. The van der Waals surface area contributed by atoms with Gasteiger partial charge >= 0.3 is 0 Å². The van der Waals surface area contributed by atoms with Crippen LogP contribution in [-0.4, -0.2) is 0 Å². The molecular weight excluding hydrogens is 360 g/mol. The van der Waals surface area contributed by atoms with E-state index in [1.807, 2.05) is 0 Å². The fraction of sp³-hybridized carbons (Fsp3) is 0.933. The Morgan fingerprint density at radius 1 is 0.467 bits per heavy atom. The maximum Gasteiger partial charge on any atom is -0.0353 e. The molecule has 0 saturated carbocycles. The Labute approximate surface area is 193 Å². The molecule has 0 amide bonds. The van der Waals surface area contributed by atoms with Gasteiger partial charge in [0.1, 0.15) is 0 Å². The Hall–Kier alpha value is -0.260. The minimum Gasteiger partial charge on any atom is -0.103 e. The minimum atomic E-state index is 0.931. The highest BCUT2D eigenvalue weighted by Gasteiger charge is 2.04. The van der Waals surface area contributed by atoms with Crippen molar-refractivity contribution in [2.75, 3.05) is 0 Å². The Bertz CT molecular complexity index is 331. The van der Waals surface area contributed by atoms with E-state index < -0.39 is 0 Å². The lowest BCUT2D eigenvalue weighted by Crippen LogP contribution is -1.96. The molecule has 0 aliphatic carbocycles. The fourth-order valence-corrected chi connectivity index (χ4v) is 4.92. The second-order valence-electron chi connectivity index (χ2n) is 10.7. The average Bonchev–Trinajstić information content (AvgIpc) is 2.72. The Morgan fingerprint density at radius 3 is 1.10 bits per heavy atom. The summed E-state index contributed by atoms with van der Waals surface area (Å²) in [5, 5.41) is 0. The van der Waals surface area contributed by atoms with E-state index in [1.165, 1.54) is 135 Å². The highest BCUT2D eigenvalue weighted by atomic mass is 14.1. The molecule has 0 heteroatoms. The highest BCUT2D eigenvalue weighted by Crippen LogP contribution is 2.21. The van der Waals surface area contributed by atoms with Crippen LogP contribution in [0.4, 0.5) is 0 Å². The van der Waals surface area contributed by atoms with E-state index in [4.69, 9.17) is 0 Å². The number of unbranched alkanes of at least 4 members (excludes halogenated alkanes) is 11. The van der Waals surface area contributed by atoms with E-state index in [9.17, 15) is 0 Å². The molecule has 0 spiro atoms. The first-order chi connectivity index (χ1) is 14.6. The summed E-state index contributed by atoms with van der Waals surface area (Å²) in [6.07, 6.45) is 32.2. The summed E-state index contributed by atoms with van der Waals surface area (Å²) in [4.78, 5) is 0. The first kappa shape index (κ1) is 29.7. The van der Waals surface area contributed by atoms with Crippen LogP contribution in [0.5, 0.6) is 0 Å². The monoisotopic (exact) mass is 420 g/mol. The Morgan fingerprint density at radius 2 is 0.767 bits per heavy atom. The molecular formula is C30H60. The standard InChI is InChI=1S/C30H60/c1-6-8-9-17-24-29(4)25-19-13-10-11-14-20-26-30(5)27-21-16-12-15-18-23-28(3)22-7-2/h6,28-30H,1,7-27H2,2-5H3. The second kappa shape index (κ2) is 23.4. The molecule has 3 unspecified atom stereocenters. The smallest absolute Gasteiger partial charge is 0.0353 e. The molecule has 0 heterocycles. The van der Waals surface area contributed by atoms with Gasteiger partial charge in [-0.15, -0.1) is 6.58 Å². The van der Waals surface area contributed by atoms with Crippen LogP contribution in [-0.2, 0) is 0 Å². The largest absolute Gasteiger partial charge is 0.103 e. The summed E-state index contributed by atoms with van der Waals surface area (Å²) in [6, 6.07) is 0. The van der Waals surface area contributed by atoms with Crippen LogP contribution < -0.4 is 0 Å². The lowest BCUT2D eigenvalue weighted by Gasteiger charge is -2.12. The summed E-state index contributed by atoms with van der Waals surface area (Å²) in [5.41, 5.74) is 0. The van der Waals surface area contributed by atoms with Crippen molar-refractivity contribution in [1.29, 1.82) is 0 Å². The predicted molar refractivity (Wildman–Crippen MR) is 140 cm³/mol. The maximum atomic E-state index is 3.81. The topological polar surface area (TPSA) is 0 Å². The van der Waals surface area contributed by atoms with Crippen LogP contribution in [0.1, 0.15) is 163 Å². The van der Waals surface area contributed by atoms with Crippen molar-refractivity contribution in [3.05, 3.63) is 12.7 Å². The van der Waals surface area contributed by atoms with Gasteiger partial charge in [0.25, 0.3) is 0 Å². The molecule has 0 aromatic carbocycles. The summed E-state index contributed by atoms with van der Waals surface area (Å²) in [5.74, 6) is 2.84. The molecule has 0 N–H and O–H groups in total. The molecule has 0 aliphatic heterocycles. The van der Waals surface area contributed by atoms with E-state index in [-0.39, 0.29) is 0 Å². The quantitative estimate of drug-likeness (QED) is 0.107. The first-order valence-corrected chi connectivity index (χ1v) is 14.2. The van der Waals surface area contributed by atoms with Crippen LogP contribution in [0.25, 0.3) is 0 Å². The molecule has 0 rings (SSSR count).